The van der Waals surface area contributed by atoms with Gasteiger partial charge in [0.1, 0.15) is 17.8 Å². The van der Waals surface area contributed by atoms with Crippen molar-refractivity contribution >= 4 is 59.5 Å². The first-order valence-corrected chi connectivity index (χ1v) is 17.9. The second-order valence-electron chi connectivity index (χ2n) is 13.1. The Morgan fingerprint density at radius 3 is 1.90 bits per heavy atom. The number of esters is 3. The van der Waals surface area contributed by atoms with E-state index < -0.39 is 91.0 Å². The van der Waals surface area contributed by atoms with Crippen LogP contribution in [0.5, 0.6) is 11.5 Å². The monoisotopic (exact) mass is 848 g/mol. The van der Waals surface area contributed by atoms with Crippen LogP contribution < -0.4 is 20.1 Å². The molecule has 0 aromatic heterocycles. The predicted molar refractivity (Wildman–Crippen MR) is 198 cm³/mol. The highest BCUT2D eigenvalue weighted by Crippen LogP contribution is 2.46. The molecule has 1 saturated carbocycles. The van der Waals surface area contributed by atoms with Gasteiger partial charge in [-0.2, -0.15) is 22.0 Å². The van der Waals surface area contributed by atoms with E-state index in [1.165, 1.54) is 67.7 Å². The summed E-state index contributed by atoms with van der Waals surface area (Å²) in [6, 6.07) is 15.3. The molecule has 0 spiro atoms. The summed E-state index contributed by atoms with van der Waals surface area (Å²) in [4.78, 5) is 85.1. The molecule has 1 fully saturated rings. The molecule has 4 N–H and O–H groups in total. The van der Waals surface area contributed by atoms with Gasteiger partial charge in [0.15, 0.2) is 0 Å². The lowest BCUT2D eigenvalue weighted by Gasteiger charge is -2.43. The van der Waals surface area contributed by atoms with E-state index in [4.69, 9.17) is 18.9 Å². The number of rotatable bonds is 20. The zero-order chi connectivity index (χ0) is 44.2. The standard InChI is InChI=1S/C40H37F5N2O13/c1-46-25-18-24(19-26(20-25)47-34(50)33-31(35(51)52)29(21-48)32(33)36(53)54)37(55)59-17-3-16-58-30(49)13-6-22-4-9-28(10-5-22)60-38(56)23-7-11-27(12-8-23)57-15-2-14-39(41,42)40(43,44)45/h4-13,18-21,29,31-33,46H,2-3,14-17H2,1H3,(H,47,50)(H,51,52)(H,53,54)/b13-6+. The van der Waals surface area contributed by atoms with Crippen molar-refractivity contribution in [3.8, 4) is 11.5 Å². The third-order valence-electron chi connectivity index (χ3n) is 9.04. The van der Waals surface area contributed by atoms with Crippen molar-refractivity contribution in [2.75, 3.05) is 37.5 Å². The minimum Gasteiger partial charge on any atom is -0.494 e. The van der Waals surface area contributed by atoms with Crippen molar-refractivity contribution in [3.05, 3.63) is 89.5 Å². The van der Waals surface area contributed by atoms with Gasteiger partial charge in [-0.3, -0.25) is 14.4 Å². The van der Waals surface area contributed by atoms with E-state index in [9.17, 15) is 65.7 Å². The molecule has 2 unspecified atom stereocenters. The first-order chi connectivity index (χ1) is 28.3. The lowest BCUT2D eigenvalue weighted by atomic mass is 9.56. The third kappa shape index (κ3) is 12.1. The van der Waals surface area contributed by atoms with Gasteiger partial charge in [-0.25, -0.2) is 14.4 Å². The number of hydrogen-bond donors (Lipinski definition) is 4. The molecule has 20 heteroatoms. The second-order valence-corrected chi connectivity index (χ2v) is 13.1. The number of aliphatic carboxylic acids is 2. The lowest BCUT2D eigenvalue weighted by molar-refractivity contribution is -0.284. The fourth-order valence-corrected chi connectivity index (χ4v) is 5.92. The maximum Gasteiger partial charge on any atom is 0.453 e. The van der Waals surface area contributed by atoms with Crippen molar-refractivity contribution < 1.29 is 84.7 Å². The van der Waals surface area contributed by atoms with Gasteiger partial charge in [-0.1, -0.05) is 12.1 Å². The van der Waals surface area contributed by atoms with Crippen LogP contribution >= 0.6 is 0 Å². The SMILES string of the molecule is CNc1cc(NC(=O)C2C(C(=O)O)C(C=O)C2C(=O)O)cc(C(=O)OCCCOC(=O)/C=C/c2ccc(OC(=O)c3ccc(OCCCC(F)(F)C(F)(F)F)cc3)cc2)c1. The van der Waals surface area contributed by atoms with E-state index in [1.54, 1.807) is 12.1 Å². The molecule has 320 valence electrons. The predicted octanol–water partition coefficient (Wildman–Crippen LogP) is 5.89. The Morgan fingerprint density at radius 1 is 0.717 bits per heavy atom. The number of aldehydes is 1. The fourth-order valence-electron chi connectivity index (χ4n) is 5.92. The largest absolute Gasteiger partial charge is 0.494 e. The fraction of sp³-hybridized carbons (Fsp3) is 0.325. The summed E-state index contributed by atoms with van der Waals surface area (Å²) in [7, 11) is 1.52. The first-order valence-electron chi connectivity index (χ1n) is 17.9. The number of benzene rings is 3. The van der Waals surface area contributed by atoms with Gasteiger partial charge in [0, 0.05) is 43.3 Å². The zero-order valence-electron chi connectivity index (χ0n) is 31.4. The van der Waals surface area contributed by atoms with Gasteiger partial charge >= 0.3 is 41.9 Å². The van der Waals surface area contributed by atoms with E-state index in [0.717, 1.165) is 6.08 Å². The van der Waals surface area contributed by atoms with Crippen LogP contribution in [0.2, 0.25) is 0 Å². The van der Waals surface area contributed by atoms with Gasteiger partial charge in [0.2, 0.25) is 5.91 Å². The quantitative estimate of drug-likeness (QED) is 0.0260. The molecular weight excluding hydrogens is 811 g/mol. The van der Waals surface area contributed by atoms with Gasteiger partial charge in [0.25, 0.3) is 0 Å². The molecule has 0 radical (unpaired) electrons. The van der Waals surface area contributed by atoms with E-state index >= 15 is 0 Å². The van der Waals surface area contributed by atoms with E-state index in [-0.39, 0.29) is 54.2 Å². The Morgan fingerprint density at radius 2 is 1.32 bits per heavy atom. The highest BCUT2D eigenvalue weighted by atomic mass is 19.4. The number of carbonyl (C=O) groups excluding carboxylic acids is 5. The van der Waals surface area contributed by atoms with Crippen LogP contribution in [0.15, 0.2) is 72.8 Å². The molecule has 1 amide bonds. The molecule has 0 aliphatic heterocycles. The third-order valence-corrected chi connectivity index (χ3v) is 9.04. The number of hydrogen-bond acceptors (Lipinski definition) is 12. The van der Waals surface area contributed by atoms with Crippen molar-refractivity contribution in [1.29, 1.82) is 0 Å². The normalized spacial score (nSPS) is 17.4. The number of anilines is 2. The molecule has 1 aliphatic rings. The molecule has 0 saturated heterocycles. The van der Waals surface area contributed by atoms with E-state index in [2.05, 4.69) is 10.6 Å². The molecule has 2 atom stereocenters. The average molecular weight is 849 g/mol. The van der Waals surface area contributed by atoms with Crippen LogP contribution in [0.4, 0.5) is 33.3 Å². The summed E-state index contributed by atoms with van der Waals surface area (Å²) in [6.45, 7) is -0.702. The van der Waals surface area contributed by atoms with Crippen molar-refractivity contribution in [2.45, 2.75) is 31.4 Å². The van der Waals surface area contributed by atoms with Gasteiger partial charge < -0.3 is 44.6 Å². The lowest BCUT2D eigenvalue weighted by Crippen LogP contribution is -2.59. The van der Waals surface area contributed by atoms with Gasteiger partial charge in [0.05, 0.1) is 48.7 Å². The number of alkyl halides is 5. The summed E-state index contributed by atoms with van der Waals surface area (Å²) in [5.74, 6) is -16.8. The summed E-state index contributed by atoms with van der Waals surface area (Å²) < 4.78 is 83.6. The maximum atomic E-state index is 13.0. The van der Waals surface area contributed by atoms with Crippen LogP contribution in [-0.4, -0.2) is 91.2 Å². The Kier molecular flexibility index (Phi) is 15.4. The molecule has 3 aromatic rings. The van der Waals surface area contributed by atoms with Crippen LogP contribution in [0.3, 0.4) is 0 Å². The van der Waals surface area contributed by atoms with Gasteiger partial charge in [-0.05, 0) is 72.7 Å². The number of halogens is 5. The average Bonchev–Trinajstić information content (AvgIpc) is 3.18. The number of carboxylic acids is 2. The summed E-state index contributed by atoms with van der Waals surface area (Å²) in [5, 5.41) is 24.2. The molecular formula is C40H37F5N2O13. The summed E-state index contributed by atoms with van der Waals surface area (Å²) in [6.07, 6.45) is -4.75. The minimum atomic E-state index is -5.64. The summed E-state index contributed by atoms with van der Waals surface area (Å²) in [5.41, 5.74) is 0.984. The Hall–Kier alpha value is -6.86. The number of ether oxygens (including phenoxy) is 4. The van der Waals surface area contributed by atoms with Crippen molar-refractivity contribution in [2.24, 2.45) is 23.7 Å². The van der Waals surface area contributed by atoms with Gasteiger partial charge in [-0.15, -0.1) is 0 Å². The second kappa shape index (κ2) is 20.2. The number of carbonyl (C=O) groups is 7. The smallest absolute Gasteiger partial charge is 0.453 e. The number of carboxylic acid groups (broad SMARTS) is 2. The highest BCUT2D eigenvalue weighted by Gasteiger charge is 2.61. The Balaban J connectivity index is 1.18. The Bertz CT molecular complexity index is 2070. The number of nitrogens with one attached hydrogen (secondary N) is 2. The first kappa shape index (κ1) is 45.8. The van der Waals surface area contributed by atoms with Crippen LogP contribution in [-0.2, 0) is 33.4 Å². The minimum absolute atomic E-state index is 0.0254. The maximum absolute atomic E-state index is 13.0. The topological polar surface area (TPSA) is 221 Å². The molecule has 60 heavy (non-hydrogen) atoms. The van der Waals surface area contributed by atoms with E-state index in [0.29, 0.717) is 11.3 Å². The van der Waals surface area contributed by atoms with E-state index in [1.807, 2.05) is 0 Å². The van der Waals surface area contributed by atoms with Crippen LogP contribution in [0.1, 0.15) is 45.5 Å². The molecule has 3 aromatic carbocycles. The summed E-state index contributed by atoms with van der Waals surface area (Å²) >= 11 is 0. The Labute approximate surface area is 337 Å². The molecule has 0 bridgehead atoms. The number of amides is 1. The van der Waals surface area contributed by atoms with Crippen molar-refractivity contribution in [3.63, 3.8) is 0 Å². The van der Waals surface area contributed by atoms with Crippen LogP contribution in [0, 0.1) is 23.7 Å². The highest BCUT2D eigenvalue weighted by molar-refractivity contribution is 6.03. The molecule has 1 aliphatic carbocycles. The molecule has 0 heterocycles. The molecule has 15 nitrogen and oxygen atoms in total. The van der Waals surface area contributed by atoms with Crippen LogP contribution in [0.25, 0.3) is 6.08 Å². The zero-order valence-corrected chi connectivity index (χ0v) is 31.4. The molecule has 4 rings (SSSR count). The van der Waals surface area contributed by atoms with Crippen molar-refractivity contribution in [1.82, 2.24) is 0 Å².